The number of hydrogen-bond acceptors (Lipinski definition) is 5. The van der Waals surface area contributed by atoms with Gasteiger partial charge in [-0.3, -0.25) is 14.9 Å². The van der Waals surface area contributed by atoms with Crippen LogP contribution in [0.4, 0.5) is 4.79 Å². The van der Waals surface area contributed by atoms with E-state index >= 15 is 0 Å². The number of aromatic nitrogens is 1. The first-order valence-corrected chi connectivity index (χ1v) is 8.35. The lowest BCUT2D eigenvalue weighted by atomic mass is 9.98. The van der Waals surface area contributed by atoms with Crippen LogP contribution in [-0.4, -0.2) is 46.4 Å². The van der Waals surface area contributed by atoms with Crippen LogP contribution < -0.4 is 10.6 Å². The molecule has 2 N–H and O–H groups in total. The van der Waals surface area contributed by atoms with Crippen molar-refractivity contribution in [2.24, 2.45) is 0 Å². The number of thiazole rings is 1. The van der Waals surface area contributed by atoms with E-state index < -0.39 is 11.6 Å². The van der Waals surface area contributed by atoms with Gasteiger partial charge in [0, 0.05) is 12.0 Å². The Morgan fingerprint density at radius 1 is 1.35 bits per heavy atom. The van der Waals surface area contributed by atoms with Crippen molar-refractivity contribution in [3.05, 3.63) is 15.6 Å². The maximum absolute atomic E-state index is 12.8. The molecule has 1 aromatic rings. The van der Waals surface area contributed by atoms with Crippen LogP contribution in [0.1, 0.15) is 47.6 Å². The largest absolute Gasteiger partial charge is 0.335 e. The van der Waals surface area contributed by atoms with E-state index in [0.717, 1.165) is 5.01 Å². The summed E-state index contributed by atoms with van der Waals surface area (Å²) < 4.78 is 0. The molecule has 0 unspecified atom stereocenters. The number of nitrogens with zero attached hydrogens (tertiary/aromatic N) is 2. The molecule has 8 heteroatoms. The van der Waals surface area contributed by atoms with Crippen molar-refractivity contribution < 1.29 is 14.4 Å². The molecule has 1 aromatic heterocycles. The minimum absolute atomic E-state index is 0.112. The average Bonchev–Trinajstić information content (AvgIpc) is 3.08. The Hall–Kier alpha value is -1.96. The van der Waals surface area contributed by atoms with Gasteiger partial charge in [-0.05, 0) is 13.3 Å². The summed E-state index contributed by atoms with van der Waals surface area (Å²) in [6, 6.07) is -0.492. The first-order valence-electron chi connectivity index (χ1n) is 7.53. The van der Waals surface area contributed by atoms with Gasteiger partial charge >= 0.3 is 6.03 Å². The molecular formula is C15H20N4O3S. The summed E-state index contributed by atoms with van der Waals surface area (Å²) in [5.41, 5.74) is -0.372. The highest BCUT2D eigenvalue weighted by Crippen LogP contribution is 2.32. The molecule has 2 aliphatic rings. The molecule has 3 heterocycles. The van der Waals surface area contributed by atoms with Crippen LogP contribution in [0.25, 0.3) is 0 Å². The molecule has 2 fully saturated rings. The van der Waals surface area contributed by atoms with Crippen LogP contribution in [0.3, 0.4) is 0 Å². The van der Waals surface area contributed by atoms with Crippen molar-refractivity contribution in [2.45, 2.75) is 45.1 Å². The van der Waals surface area contributed by atoms with Crippen LogP contribution in [-0.2, 0) is 10.2 Å². The highest BCUT2D eigenvalue weighted by Gasteiger charge is 2.52. The molecular weight excluding hydrogens is 316 g/mol. The Kier molecular flexibility index (Phi) is 3.47. The molecule has 2 saturated heterocycles. The molecule has 23 heavy (non-hydrogen) atoms. The average molecular weight is 336 g/mol. The number of amides is 4. The Labute approximate surface area is 138 Å². The van der Waals surface area contributed by atoms with E-state index in [2.05, 4.69) is 36.4 Å². The molecule has 0 radical (unpaired) electrons. The second kappa shape index (κ2) is 5.02. The monoisotopic (exact) mass is 336 g/mol. The normalized spacial score (nSPS) is 24.3. The quantitative estimate of drug-likeness (QED) is 0.753. The Morgan fingerprint density at radius 2 is 2.04 bits per heavy atom. The summed E-state index contributed by atoms with van der Waals surface area (Å²) >= 11 is 1.40. The van der Waals surface area contributed by atoms with E-state index in [9.17, 15) is 14.4 Å². The number of hydrogen-bond donors (Lipinski definition) is 2. The van der Waals surface area contributed by atoms with Gasteiger partial charge in [-0.15, -0.1) is 11.3 Å². The summed E-state index contributed by atoms with van der Waals surface area (Å²) in [5, 5.41) is 5.82. The Bertz CT molecular complexity index is 706. The van der Waals surface area contributed by atoms with Crippen molar-refractivity contribution in [2.75, 3.05) is 13.1 Å². The standard InChI is InChI=1S/C15H20N4O3S/c1-8-9(23-12(16-8)14(2,3)4)10(20)19-6-5-15(7-19)11(21)17-13(22)18-15/h5-7H2,1-4H3,(H2,17,18,21,22)/t15-/m0/s1. The maximum atomic E-state index is 12.8. The van der Waals surface area contributed by atoms with Crippen molar-refractivity contribution >= 4 is 29.2 Å². The fraction of sp³-hybridized carbons (Fsp3) is 0.600. The van der Waals surface area contributed by atoms with Crippen molar-refractivity contribution in [3.8, 4) is 0 Å². The summed E-state index contributed by atoms with van der Waals surface area (Å²) in [4.78, 5) is 42.9. The molecule has 0 aromatic carbocycles. The maximum Gasteiger partial charge on any atom is 0.322 e. The zero-order valence-electron chi connectivity index (χ0n) is 13.6. The zero-order valence-corrected chi connectivity index (χ0v) is 14.5. The van der Waals surface area contributed by atoms with Gasteiger partial charge in [-0.2, -0.15) is 0 Å². The van der Waals surface area contributed by atoms with E-state index in [1.807, 2.05) is 6.92 Å². The van der Waals surface area contributed by atoms with Crippen molar-refractivity contribution in [1.29, 1.82) is 0 Å². The van der Waals surface area contributed by atoms with Gasteiger partial charge in [0.25, 0.3) is 11.8 Å². The van der Waals surface area contributed by atoms with Gasteiger partial charge < -0.3 is 10.2 Å². The predicted molar refractivity (Wildman–Crippen MR) is 85.5 cm³/mol. The number of urea groups is 1. The molecule has 124 valence electrons. The van der Waals surface area contributed by atoms with E-state index in [1.54, 1.807) is 4.90 Å². The van der Waals surface area contributed by atoms with Gasteiger partial charge in [0.05, 0.1) is 17.2 Å². The SMILES string of the molecule is Cc1nc(C(C)(C)C)sc1C(=O)N1CC[C@@]2(C1)NC(=O)NC2=O. The minimum Gasteiger partial charge on any atom is -0.335 e. The number of rotatable bonds is 1. The second-order valence-corrected chi connectivity index (χ2v) is 8.15. The smallest absolute Gasteiger partial charge is 0.322 e. The molecule has 1 atom stereocenters. The lowest BCUT2D eigenvalue weighted by Gasteiger charge is -2.20. The highest BCUT2D eigenvalue weighted by molar-refractivity contribution is 7.14. The number of imide groups is 1. The third kappa shape index (κ3) is 2.60. The van der Waals surface area contributed by atoms with Gasteiger partial charge in [-0.25, -0.2) is 9.78 Å². The summed E-state index contributed by atoms with van der Waals surface area (Å²) in [6.07, 6.45) is 0.431. The molecule has 4 amide bonds. The first-order chi connectivity index (χ1) is 10.6. The Balaban J connectivity index is 1.82. The molecule has 7 nitrogen and oxygen atoms in total. The number of carbonyl (C=O) groups excluding carboxylic acids is 3. The van der Waals surface area contributed by atoms with Crippen molar-refractivity contribution in [3.63, 3.8) is 0 Å². The van der Waals surface area contributed by atoms with E-state index in [1.165, 1.54) is 11.3 Å². The molecule has 0 saturated carbocycles. The topological polar surface area (TPSA) is 91.4 Å². The van der Waals surface area contributed by atoms with Crippen LogP contribution in [0, 0.1) is 6.92 Å². The van der Waals surface area contributed by atoms with Crippen molar-refractivity contribution in [1.82, 2.24) is 20.5 Å². The molecule has 1 spiro atoms. The predicted octanol–water partition coefficient (Wildman–Crippen LogP) is 1.17. The van der Waals surface area contributed by atoms with E-state index in [-0.39, 0.29) is 23.8 Å². The molecule has 3 rings (SSSR count). The molecule has 0 bridgehead atoms. The van der Waals surface area contributed by atoms with Crippen LogP contribution >= 0.6 is 11.3 Å². The number of carbonyl (C=O) groups is 3. The van der Waals surface area contributed by atoms with E-state index in [0.29, 0.717) is 23.5 Å². The highest BCUT2D eigenvalue weighted by atomic mass is 32.1. The third-order valence-electron chi connectivity index (χ3n) is 4.20. The zero-order chi connectivity index (χ0) is 17.0. The van der Waals surface area contributed by atoms with E-state index in [4.69, 9.17) is 0 Å². The number of nitrogens with one attached hydrogen (secondary N) is 2. The van der Waals surface area contributed by atoms with Gasteiger partial charge in [0.15, 0.2) is 0 Å². The molecule has 2 aliphatic heterocycles. The fourth-order valence-corrected chi connectivity index (χ4v) is 3.95. The Morgan fingerprint density at radius 3 is 2.57 bits per heavy atom. The first kappa shape index (κ1) is 15.9. The second-order valence-electron chi connectivity index (χ2n) is 7.15. The summed E-state index contributed by atoms with van der Waals surface area (Å²) in [7, 11) is 0. The van der Waals surface area contributed by atoms with Crippen LogP contribution in [0.2, 0.25) is 0 Å². The van der Waals surface area contributed by atoms with Gasteiger partial charge in [0.1, 0.15) is 10.4 Å². The summed E-state index contributed by atoms with van der Waals surface area (Å²) in [6.45, 7) is 8.64. The van der Waals surface area contributed by atoms with Gasteiger partial charge in [-0.1, -0.05) is 20.8 Å². The molecule has 0 aliphatic carbocycles. The van der Waals surface area contributed by atoms with Crippen LogP contribution in [0.5, 0.6) is 0 Å². The third-order valence-corrected chi connectivity index (χ3v) is 5.77. The summed E-state index contributed by atoms with van der Waals surface area (Å²) in [5.74, 6) is -0.476. The number of likely N-dealkylation sites (tertiary alicyclic amines) is 1. The van der Waals surface area contributed by atoms with Crippen LogP contribution in [0.15, 0.2) is 0 Å². The fourth-order valence-electron chi connectivity index (χ4n) is 2.86. The number of aryl methyl sites for hydroxylation is 1. The van der Waals surface area contributed by atoms with Gasteiger partial charge in [0.2, 0.25) is 0 Å². The minimum atomic E-state index is -0.974. The lowest BCUT2D eigenvalue weighted by Crippen LogP contribution is -2.49. The lowest BCUT2D eigenvalue weighted by molar-refractivity contribution is -0.123.